The molecule has 0 aliphatic heterocycles. The van der Waals surface area contributed by atoms with Crippen molar-refractivity contribution < 1.29 is 9.90 Å². The average Bonchev–Trinajstić information content (AvgIpc) is 2.13. The zero-order valence-electron chi connectivity index (χ0n) is 8.24. The molecule has 0 unspecified atom stereocenters. The highest BCUT2D eigenvalue weighted by Crippen LogP contribution is 2.45. The molecule has 1 aliphatic carbocycles. The Labute approximate surface area is 96.7 Å². The molecule has 15 heavy (non-hydrogen) atoms. The highest BCUT2D eigenvalue weighted by atomic mass is 79.9. The molecule has 0 amide bonds. The molecule has 1 aromatic heterocycles. The van der Waals surface area contributed by atoms with Gasteiger partial charge in [-0.05, 0) is 40.9 Å². The standard InChI is InChI=1S/C11H12BrNO2/c12-8-2-3-9(13-7-8)11(4-1-5-11)6-10(14)15/h2-3,7H,1,4-6H2,(H,14,15). The minimum atomic E-state index is -0.737. The quantitative estimate of drug-likeness (QED) is 0.918. The number of hydrogen-bond acceptors (Lipinski definition) is 2. The molecule has 0 spiro atoms. The van der Waals surface area contributed by atoms with Crippen LogP contribution in [0.5, 0.6) is 0 Å². The first kappa shape index (κ1) is 10.6. The van der Waals surface area contributed by atoms with Crippen molar-refractivity contribution >= 4 is 21.9 Å². The number of pyridine rings is 1. The van der Waals surface area contributed by atoms with Crippen molar-refractivity contribution in [3.8, 4) is 0 Å². The molecule has 3 nitrogen and oxygen atoms in total. The molecular weight excluding hydrogens is 258 g/mol. The molecule has 0 atom stereocenters. The van der Waals surface area contributed by atoms with Crippen LogP contribution in [0.2, 0.25) is 0 Å². The van der Waals surface area contributed by atoms with E-state index in [1.165, 1.54) is 0 Å². The van der Waals surface area contributed by atoms with Crippen molar-refractivity contribution in [2.45, 2.75) is 31.1 Å². The summed E-state index contributed by atoms with van der Waals surface area (Å²) in [7, 11) is 0. The summed E-state index contributed by atoms with van der Waals surface area (Å²) in [4.78, 5) is 15.1. The normalized spacial score (nSPS) is 18.2. The summed E-state index contributed by atoms with van der Waals surface area (Å²) in [6.07, 6.45) is 4.91. The SMILES string of the molecule is O=C(O)CC1(c2ccc(Br)cn2)CCC1. The number of carbonyl (C=O) groups is 1. The van der Waals surface area contributed by atoms with Gasteiger partial charge >= 0.3 is 5.97 Å². The lowest BCUT2D eigenvalue weighted by Crippen LogP contribution is -2.37. The molecule has 0 saturated heterocycles. The van der Waals surface area contributed by atoms with Gasteiger partial charge in [-0.2, -0.15) is 0 Å². The lowest BCUT2D eigenvalue weighted by atomic mass is 9.64. The minimum absolute atomic E-state index is 0.196. The van der Waals surface area contributed by atoms with Gasteiger partial charge in [0, 0.05) is 21.8 Å². The van der Waals surface area contributed by atoms with Gasteiger partial charge in [-0.15, -0.1) is 0 Å². The van der Waals surface area contributed by atoms with E-state index in [0.717, 1.165) is 29.4 Å². The first-order chi connectivity index (χ1) is 7.12. The molecule has 1 N–H and O–H groups in total. The van der Waals surface area contributed by atoms with E-state index in [4.69, 9.17) is 5.11 Å². The Morgan fingerprint density at radius 1 is 1.53 bits per heavy atom. The van der Waals surface area contributed by atoms with E-state index in [0.29, 0.717) is 0 Å². The smallest absolute Gasteiger partial charge is 0.304 e. The van der Waals surface area contributed by atoms with Crippen molar-refractivity contribution in [3.05, 3.63) is 28.5 Å². The third-order valence-electron chi connectivity index (χ3n) is 3.07. The van der Waals surface area contributed by atoms with E-state index in [1.54, 1.807) is 6.20 Å². The minimum Gasteiger partial charge on any atom is -0.481 e. The third kappa shape index (κ3) is 2.04. The molecule has 1 aliphatic rings. The van der Waals surface area contributed by atoms with Crippen LogP contribution in [0, 0.1) is 0 Å². The van der Waals surface area contributed by atoms with Gasteiger partial charge in [0.25, 0.3) is 0 Å². The summed E-state index contributed by atoms with van der Waals surface area (Å²) in [5.41, 5.74) is 0.714. The van der Waals surface area contributed by atoms with Gasteiger partial charge < -0.3 is 5.11 Å². The molecule has 0 bridgehead atoms. The van der Waals surface area contributed by atoms with Gasteiger partial charge in [-0.3, -0.25) is 9.78 Å². The monoisotopic (exact) mass is 269 g/mol. The zero-order valence-corrected chi connectivity index (χ0v) is 9.83. The molecule has 1 fully saturated rings. The van der Waals surface area contributed by atoms with Gasteiger partial charge in [0.2, 0.25) is 0 Å². The van der Waals surface area contributed by atoms with Crippen LogP contribution in [0.15, 0.2) is 22.8 Å². The Hall–Kier alpha value is -0.900. The van der Waals surface area contributed by atoms with Gasteiger partial charge in [0.05, 0.1) is 6.42 Å². The molecule has 1 saturated carbocycles. The summed E-state index contributed by atoms with van der Waals surface area (Å²) >= 11 is 3.32. The van der Waals surface area contributed by atoms with Crippen molar-refractivity contribution in [3.63, 3.8) is 0 Å². The van der Waals surface area contributed by atoms with Gasteiger partial charge in [0.1, 0.15) is 0 Å². The average molecular weight is 270 g/mol. The van der Waals surface area contributed by atoms with Crippen LogP contribution in [0.1, 0.15) is 31.4 Å². The number of aromatic nitrogens is 1. The summed E-state index contributed by atoms with van der Waals surface area (Å²) < 4.78 is 0.927. The first-order valence-electron chi connectivity index (χ1n) is 4.96. The van der Waals surface area contributed by atoms with Crippen molar-refractivity contribution in [2.24, 2.45) is 0 Å². The second-order valence-corrected chi connectivity index (χ2v) is 4.98. The Kier molecular flexibility index (Phi) is 2.78. The van der Waals surface area contributed by atoms with E-state index in [-0.39, 0.29) is 11.8 Å². The van der Waals surface area contributed by atoms with Gasteiger partial charge in [-0.25, -0.2) is 0 Å². The summed E-state index contributed by atoms with van der Waals surface area (Å²) in [5.74, 6) is -0.737. The van der Waals surface area contributed by atoms with E-state index >= 15 is 0 Å². The Morgan fingerprint density at radius 2 is 2.27 bits per heavy atom. The second kappa shape index (κ2) is 3.93. The third-order valence-corrected chi connectivity index (χ3v) is 3.54. The molecule has 0 aromatic carbocycles. The second-order valence-electron chi connectivity index (χ2n) is 4.07. The topological polar surface area (TPSA) is 50.2 Å². The largest absolute Gasteiger partial charge is 0.481 e. The Balaban J connectivity index is 2.26. The van der Waals surface area contributed by atoms with Crippen LogP contribution < -0.4 is 0 Å². The number of aliphatic carboxylic acids is 1. The fourth-order valence-corrected chi connectivity index (χ4v) is 2.34. The van der Waals surface area contributed by atoms with E-state index < -0.39 is 5.97 Å². The molecular formula is C11H12BrNO2. The molecule has 80 valence electrons. The lowest BCUT2D eigenvalue weighted by molar-refractivity contribution is -0.139. The number of nitrogens with zero attached hydrogens (tertiary/aromatic N) is 1. The summed E-state index contributed by atoms with van der Waals surface area (Å²) in [5, 5.41) is 8.89. The van der Waals surface area contributed by atoms with E-state index in [2.05, 4.69) is 20.9 Å². The first-order valence-corrected chi connectivity index (χ1v) is 5.76. The summed E-state index contributed by atoms with van der Waals surface area (Å²) in [6.45, 7) is 0. The molecule has 4 heteroatoms. The van der Waals surface area contributed by atoms with Gasteiger partial charge in [-0.1, -0.05) is 6.42 Å². The number of halogens is 1. The number of carboxylic acid groups (broad SMARTS) is 1. The predicted octanol–water partition coefficient (Wildman–Crippen LogP) is 2.74. The fourth-order valence-electron chi connectivity index (χ4n) is 2.11. The molecule has 1 aromatic rings. The van der Waals surface area contributed by atoms with Crippen LogP contribution >= 0.6 is 15.9 Å². The highest BCUT2D eigenvalue weighted by molar-refractivity contribution is 9.10. The number of rotatable bonds is 3. The Morgan fingerprint density at radius 3 is 2.67 bits per heavy atom. The highest BCUT2D eigenvalue weighted by Gasteiger charge is 2.41. The van der Waals surface area contributed by atoms with E-state index in [9.17, 15) is 4.79 Å². The number of hydrogen-bond donors (Lipinski definition) is 1. The molecule has 0 radical (unpaired) electrons. The maximum absolute atomic E-state index is 10.8. The zero-order chi connectivity index (χ0) is 10.9. The predicted molar refractivity (Wildman–Crippen MR) is 59.7 cm³/mol. The van der Waals surface area contributed by atoms with Gasteiger partial charge in [0.15, 0.2) is 0 Å². The number of carboxylic acids is 1. The van der Waals surface area contributed by atoms with Crippen molar-refractivity contribution in [1.29, 1.82) is 0 Å². The Bertz CT molecular complexity index is 371. The van der Waals surface area contributed by atoms with Crippen LogP contribution in [-0.4, -0.2) is 16.1 Å². The fraction of sp³-hybridized carbons (Fsp3) is 0.455. The van der Waals surface area contributed by atoms with Crippen LogP contribution in [0.25, 0.3) is 0 Å². The molecule has 2 rings (SSSR count). The maximum Gasteiger partial charge on any atom is 0.304 e. The van der Waals surface area contributed by atoms with Crippen molar-refractivity contribution in [2.75, 3.05) is 0 Å². The maximum atomic E-state index is 10.8. The summed E-state index contributed by atoms with van der Waals surface area (Å²) in [6, 6.07) is 3.84. The lowest BCUT2D eigenvalue weighted by Gasteiger charge is -2.40. The van der Waals surface area contributed by atoms with Crippen LogP contribution in [0.4, 0.5) is 0 Å². The molecule has 1 heterocycles. The van der Waals surface area contributed by atoms with Crippen molar-refractivity contribution in [1.82, 2.24) is 4.98 Å². The van der Waals surface area contributed by atoms with E-state index in [1.807, 2.05) is 12.1 Å². The van der Waals surface area contributed by atoms with Crippen LogP contribution in [0.3, 0.4) is 0 Å². The van der Waals surface area contributed by atoms with Crippen LogP contribution in [-0.2, 0) is 10.2 Å².